The molecule has 0 fully saturated rings. The first kappa shape index (κ1) is 13.0. The molecule has 0 saturated heterocycles. The topological polar surface area (TPSA) is 90.4 Å². The quantitative estimate of drug-likeness (QED) is 0.824. The molecule has 2 aromatic rings. The lowest BCUT2D eigenvalue weighted by Crippen LogP contribution is -2.18. The van der Waals surface area contributed by atoms with Crippen LogP contribution in [0.1, 0.15) is 16.1 Å². The second-order valence-electron chi connectivity index (χ2n) is 3.59. The maximum absolute atomic E-state index is 11.9. The van der Waals surface area contributed by atoms with Crippen LogP contribution in [0.5, 0.6) is 5.75 Å². The lowest BCUT2D eigenvalue weighted by Gasteiger charge is -2.13. The Morgan fingerprint density at radius 1 is 1.47 bits per heavy atom. The van der Waals surface area contributed by atoms with Gasteiger partial charge in [0.05, 0.1) is 12.8 Å². The van der Waals surface area contributed by atoms with E-state index >= 15 is 0 Å². The molecule has 0 aliphatic rings. The Hall–Kier alpha value is -2.41. The number of carbonyl (C=O) groups excluding carboxylic acids is 1. The summed E-state index contributed by atoms with van der Waals surface area (Å²) in [7, 11) is 1.49. The number of carbonyl (C=O) groups is 1. The number of aromatic nitrogens is 1. The number of ether oxygens (including phenoxy) is 1. The Morgan fingerprint density at radius 2 is 2.26 bits per heavy atom. The molecule has 0 saturated carbocycles. The van der Waals surface area contributed by atoms with Gasteiger partial charge in [-0.2, -0.15) is 0 Å². The zero-order chi connectivity index (χ0) is 13.8. The van der Waals surface area contributed by atoms with Gasteiger partial charge in [0.15, 0.2) is 5.69 Å². The molecule has 1 aromatic heterocycles. The summed E-state index contributed by atoms with van der Waals surface area (Å²) in [6, 6.07) is 6.58. The molecule has 0 atom stereocenters. The molecule has 19 heavy (non-hydrogen) atoms. The Kier molecular flexibility index (Phi) is 3.76. The van der Waals surface area contributed by atoms with Crippen LogP contribution >= 0.6 is 12.2 Å². The largest absolute Gasteiger partial charge is 0.495 e. The fourth-order valence-electron chi connectivity index (χ4n) is 1.54. The molecule has 0 unspecified atom stereocenters. The molecule has 1 aromatic carbocycles. The van der Waals surface area contributed by atoms with Crippen LogP contribution in [-0.2, 0) is 0 Å². The summed E-state index contributed by atoms with van der Waals surface area (Å²) in [5.41, 5.74) is 6.70. The Balaban J connectivity index is 2.38. The minimum Gasteiger partial charge on any atom is -0.495 e. The average Bonchev–Trinajstić information content (AvgIpc) is 2.92. The minimum atomic E-state index is -0.434. The first-order chi connectivity index (χ1) is 9.13. The van der Waals surface area contributed by atoms with Crippen molar-refractivity contribution in [1.29, 1.82) is 0 Å². The van der Waals surface area contributed by atoms with Gasteiger partial charge in [-0.3, -0.25) is 4.79 Å². The number of nitrogens with zero attached hydrogens (tertiary/aromatic N) is 1. The predicted molar refractivity (Wildman–Crippen MR) is 73.3 cm³/mol. The first-order valence-corrected chi connectivity index (χ1v) is 5.73. The summed E-state index contributed by atoms with van der Waals surface area (Å²) in [4.78, 5) is 12.1. The van der Waals surface area contributed by atoms with Crippen molar-refractivity contribution in [3.63, 3.8) is 0 Å². The maximum Gasteiger partial charge on any atom is 0.277 e. The van der Waals surface area contributed by atoms with Crippen LogP contribution in [-0.4, -0.2) is 23.2 Å². The van der Waals surface area contributed by atoms with Crippen molar-refractivity contribution in [2.45, 2.75) is 0 Å². The average molecular weight is 277 g/mol. The Labute approximate surface area is 114 Å². The Morgan fingerprint density at radius 3 is 2.84 bits per heavy atom. The summed E-state index contributed by atoms with van der Waals surface area (Å²) in [5.74, 6) is 0.0258. The highest BCUT2D eigenvalue weighted by atomic mass is 32.1. The standard InChI is InChI=1S/C12H11N3O3S/c1-17-9-4-2-3-7(11(13)19)10(9)14-12(16)8-5-6-18-15-8/h2-6H,1H3,(H2,13,19)(H,14,16). The van der Waals surface area contributed by atoms with Crippen LogP contribution < -0.4 is 15.8 Å². The molecule has 1 amide bonds. The van der Waals surface area contributed by atoms with E-state index in [1.54, 1.807) is 18.2 Å². The number of thiocarbonyl (C=S) groups is 1. The number of nitrogens with one attached hydrogen (secondary N) is 1. The molecule has 98 valence electrons. The van der Waals surface area contributed by atoms with Gasteiger partial charge in [0, 0.05) is 11.6 Å². The third-order valence-electron chi connectivity index (χ3n) is 2.42. The molecular weight excluding hydrogens is 266 g/mol. The van der Waals surface area contributed by atoms with Crippen molar-refractivity contribution in [2.75, 3.05) is 12.4 Å². The molecular formula is C12H11N3O3S. The first-order valence-electron chi connectivity index (χ1n) is 5.32. The summed E-state index contributed by atoms with van der Waals surface area (Å²) in [5, 5.41) is 6.21. The van der Waals surface area contributed by atoms with Crippen molar-refractivity contribution in [3.8, 4) is 5.75 Å². The predicted octanol–water partition coefficient (Wildman–Crippen LogP) is 1.57. The molecule has 0 radical (unpaired) electrons. The third-order valence-corrected chi connectivity index (χ3v) is 2.64. The van der Waals surface area contributed by atoms with Gasteiger partial charge in [0.1, 0.15) is 17.0 Å². The number of rotatable bonds is 4. The SMILES string of the molecule is COc1cccc(C(N)=S)c1NC(=O)c1ccon1. The van der Waals surface area contributed by atoms with E-state index < -0.39 is 5.91 Å². The van der Waals surface area contributed by atoms with Crippen LogP contribution in [0.15, 0.2) is 35.1 Å². The van der Waals surface area contributed by atoms with E-state index in [4.69, 9.17) is 22.7 Å². The van der Waals surface area contributed by atoms with Crippen molar-refractivity contribution in [2.24, 2.45) is 5.73 Å². The van der Waals surface area contributed by atoms with Crippen LogP contribution in [0, 0.1) is 0 Å². The van der Waals surface area contributed by atoms with Crippen LogP contribution in [0.2, 0.25) is 0 Å². The molecule has 6 nitrogen and oxygen atoms in total. The molecule has 1 heterocycles. The van der Waals surface area contributed by atoms with Crippen molar-refractivity contribution >= 4 is 28.8 Å². The van der Waals surface area contributed by atoms with Gasteiger partial charge < -0.3 is 20.3 Å². The lowest BCUT2D eigenvalue weighted by atomic mass is 10.1. The fourth-order valence-corrected chi connectivity index (χ4v) is 1.71. The number of methoxy groups -OCH3 is 1. The highest BCUT2D eigenvalue weighted by Crippen LogP contribution is 2.28. The molecule has 0 spiro atoms. The molecule has 7 heteroatoms. The van der Waals surface area contributed by atoms with Gasteiger partial charge in [0.2, 0.25) is 0 Å². The van der Waals surface area contributed by atoms with Gasteiger partial charge in [-0.15, -0.1) is 0 Å². The van der Waals surface area contributed by atoms with Gasteiger partial charge in [-0.05, 0) is 12.1 Å². The lowest BCUT2D eigenvalue weighted by molar-refractivity contribution is 0.101. The van der Waals surface area contributed by atoms with Crippen LogP contribution in [0.4, 0.5) is 5.69 Å². The number of anilines is 1. The van der Waals surface area contributed by atoms with Gasteiger partial charge >= 0.3 is 0 Å². The van der Waals surface area contributed by atoms with Crippen molar-refractivity contribution < 1.29 is 14.1 Å². The van der Waals surface area contributed by atoms with E-state index in [0.717, 1.165) is 0 Å². The summed E-state index contributed by atoms with van der Waals surface area (Å²) in [6.45, 7) is 0. The monoisotopic (exact) mass is 277 g/mol. The van der Waals surface area contributed by atoms with Crippen LogP contribution in [0.25, 0.3) is 0 Å². The number of amides is 1. The molecule has 0 aliphatic carbocycles. The van der Waals surface area contributed by atoms with E-state index in [2.05, 4.69) is 15.0 Å². The molecule has 0 aliphatic heterocycles. The highest BCUT2D eigenvalue weighted by molar-refractivity contribution is 7.80. The van der Waals surface area contributed by atoms with E-state index in [1.807, 2.05) is 0 Å². The van der Waals surface area contributed by atoms with E-state index in [1.165, 1.54) is 19.4 Å². The molecule has 3 N–H and O–H groups in total. The molecule has 2 rings (SSSR count). The van der Waals surface area contributed by atoms with Gasteiger partial charge in [-0.25, -0.2) is 0 Å². The number of hydrogen-bond donors (Lipinski definition) is 2. The summed E-state index contributed by atoms with van der Waals surface area (Å²) >= 11 is 4.95. The minimum absolute atomic E-state index is 0.153. The van der Waals surface area contributed by atoms with Gasteiger partial charge in [0.25, 0.3) is 5.91 Å². The number of nitrogens with two attached hydrogens (primary N) is 1. The summed E-state index contributed by atoms with van der Waals surface area (Å²) < 4.78 is 9.80. The van der Waals surface area contributed by atoms with E-state index in [9.17, 15) is 4.79 Å². The van der Waals surface area contributed by atoms with Gasteiger partial charge in [-0.1, -0.05) is 23.4 Å². The third kappa shape index (κ3) is 2.71. The molecule has 0 bridgehead atoms. The van der Waals surface area contributed by atoms with Crippen molar-refractivity contribution in [3.05, 3.63) is 41.8 Å². The number of benzene rings is 1. The zero-order valence-corrected chi connectivity index (χ0v) is 10.9. The number of para-hydroxylation sites is 1. The Bertz CT molecular complexity index is 611. The maximum atomic E-state index is 11.9. The van der Waals surface area contributed by atoms with Crippen LogP contribution in [0.3, 0.4) is 0 Å². The second kappa shape index (κ2) is 5.49. The van der Waals surface area contributed by atoms with Crippen molar-refractivity contribution in [1.82, 2.24) is 5.16 Å². The van der Waals surface area contributed by atoms with E-state index in [0.29, 0.717) is 17.0 Å². The number of hydrogen-bond acceptors (Lipinski definition) is 5. The smallest absolute Gasteiger partial charge is 0.277 e. The van der Waals surface area contributed by atoms with E-state index in [-0.39, 0.29) is 10.7 Å². The summed E-state index contributed by atoms with van der Waals surface area (Å²) in [6.07, 6.45) is 1.31. The zero-order valence-electron chi connectivity index (χ0n) is 10.0. The normalized spacial score (nSPS) is 9.95. The second-order valence-corrected chi connectivity index (χ2v) is 4.03. The fraction of sp³-hybridized carbons (Fsp3) is 0.0833. The highest BCUT2D eigenvalue weighted by Gasteiger charge is 2.16.